The van der Waals surface area contributed by atoms with Crippen molar-refractivity contribution < 1.29 is 9.53 Å². The molecule has 0 spiro atoms. The summed E-state index contributed by atoms with van der Waals surface area (Å²) < 4.78 is 7.85. The Kier molecular flexibility index (Phi) is 4.07. The second-order valence-corrected chi connectivity index (χ2v) is 6.68. The van der Waals surface area contributed by atoms with Crippen LogP contribution in [0.4, 0.5) is 5.69 Å². The quantitative estimate of drug-likeness (QED) is 0.578. The van der Waals surface area contributed by atoms with Gasteiger partial charge in [-0.25, -0.2) is 0 Å². The van der Waals surface area contributed by atoms with Gasteiger partial charge in [-0.05, 0) is 36.8 Å². The van der Waals surface area contributed by atoms with Crippen LogP contribution in [0.15, 0.2) is 48.7 Å². The molecule has 0 aliphatic rings. The summed E-state index contributed by atoms with van der Waals surface area (Å²) in [6, 6.07) is 14.1. The van der Waals surface area contributed by atoms with Crippen LogP contribution in [0, 0.1) is 6.92 Å². The Morgan fingerprint density at radius 1 is 1.11 bits per heavy atom. The molecule has 0 radical (unpaired) electrons. The first-order chi connectivity index (χ1) is 13.0. The Labute approximate surface area is 157 Å². The molecule has 0 aliphatic heterocycles. The molecule has 2 aromatic carbocycles. The van der Waals surface area contributed by atoms with E-state index in [9.17, 15) is 4.79 Å². The number of nitrogens with one attached hydrogen (secondary N) is 1. The van der Waals surface area contributed by atoms with Gasteiger partial charge < -0.3 is 14.6 Å². The van der Waals surface area contributed by atoms with E-state index in [1.807, 2.05) is 37.4 Å². The summed E-state index contributed by atoms with van der Waals surface area (Å²) in [6.07, 6.45) is 1.85. The normalized spacial score (nSPS) is 11.1. The number of rotatable bonds is 3. The van der Waals surface area contributed by atoms with E-state index in [2.05, 4.69) is 40.1 Å². The van der Waals surface area contributed by atoms with Crippen molar-refractivity contribution in [2.75, 3.05) is 12.4 Å². The van der Waals surface area contributed by atoms with Gasteiger partial charge in [0.1, 0.15) is 5.75 Å². The number of benzene rings is 2. The second kappa shape index (κ2) is 6.43. The van der Waals surface area contributed by atoms with E-state index in [0.717, 1.165) is 39.3 Å². The van der Waals surface area contributed by atoms with Crippen molar-refractivity contribution in [1.82, 2.24) is 9.55 Å². The fourth-order valence-corrected chi connectivity index (χ4v) is 3.71. The zero-order valence-electron chi connectivity index (χ0n) is 15.8. The fourth-order valence-electron chi connectivity index (χ4n) is 3.71. The molecule has 136 valence electrons. The molecule has 4 rings (SSSR count). The molecule has 5 heteroatoms. The van der Waals surface area contributed by atoms with Gasteiger partial charge in [0.15, 0.2) is 0 Å². The minimum absolute atomic E-state index is 0.0820. The molecule has 0 aliphatic carbocycles. The molecule has 0 fully saturated rings. The van der Waals surface area contributed by atoms with Gasteiger partial charge in [-0.2, -0.15) is 0 Å². The molecule has 0 unspecified atom stereocenters. The molecule has 2 heterocycles. The Balaban J connectivity index is 1.94. The lowest BCUT2D eigenvalue weighted by molar-refractivity contribution is -0.114. The smallest absolute Gasteiger partial charge is 0.221 e. The van der Waals surface area contributed by atoms with Crippen molar-refractivity contribution in [2.24, 2.45) is 7.05 Å². The van der Waals surface area contributed by atoms with Crippen molar-refractivity contribution in [3.8, 4) is 16.9 Å². The summed E-state index contributed by atoms with van der Waals surface area (Å²) in [5, 5.41) is 5.14. The van der Waals surface area contributed by atoms with Gasteiger partial charge in [0.2, 0.25) is 5.91 Å². The molecule has 5 nitrogen and oxygen atoms in total. The van der Waals surface area contributed by atoms with Crippen molar-refractivity contribution in [1.29, 1.82) is 0 Å². The maximum atomic E-state index is 11.2. The van der Waals surface area contributed by atoms with Crippen LogP contribution in [0.5, 0.6) is 5.75 Å². The number of aryl methyl sites for hydroxylation is 2. The van der Waals surface area contributed by atoms with Crippen LogP contribution < -0.4 is 10.1 Å². The molecule has 1 N–H and O–H groups in total. The number of pyridine rings is 1. The highest BCUT2D eigenvalue weighted by Gasteiger charge is 2.15. The van der Waals surface area contributed by atoms with Crippen LogP contribution >= 0.6 is 0 Å². The summed E-state index contributed by atoms with van der Waals surface area (Å²) in [4.78, 5) is 15.7. The van der Waals surface area contributed by atoms with E-state index in [4.69, 9.17) is 4.74 Å². The van der Waals surface area contributed by atoms with E-state index in [1.165, 1.54) is 17.7 Å². The summed E-state index contributed by atoms with van der Waals surface area (Å²) in [6.45, 7) is 3.53. The zero-order chi connectivity index (χ0) is 19.1. The van der Waals surface area contributed by atoms with Gasteiger partial charge in [-0.1, -0.05) is 12.1 Å². The topological polar surface area (TPSA) is 56.1 Å². The van der Waals surface area contributed by atoms with E-state index in [0.29, 0.717) is 0 Å². The first-order valence-electron chi connectivity index (χ1n) is 8.79. The lowest BCUT2D eigenvalue weighted by Crippen LogP contribution is -2.05. The van der Waals surface area contributed by atoms with Crippen molar-refractivity contribution in [3.63, 3.8) is 0 Å². The molecule has 4 aromatic rings. The number of ether oxygens (including phenoxy) is 1. The van der Waals surface area contributed by atoms with Gasteiger partial charge in [-0.3, -0.25) is 9.78 Å². The number of anilines is 1. The average Bonchev–Trinajstić information content (AvgIpc) is 2.94. The van der Waals surface area contributed by atoms with E-state index < -0.39 is 0 Å². The number of methoxy groups -OCH3 is 1. The van der Waals surface area contributed by atoms with Gasteiger partial charge >= 0.3 is 0 Å². The van der Waals surface area contributed by atoms with Gasteiger partial charge in [-0.15, -0.1) is 0 Å². The lowest BCUT2D eigenvalue weighted by Gasteiger charge is -2.11. The van der Waals surface area contributed by atoms with Crippen LogP contribution in [0.1, 0.15) is 12.6 Å². The van der Waals surface area contributed by atoms with E-state index >= 15 is 0 Å². The minimum Gasteiger partial charge on any atom is -0.496 e. The highest BCUT2D eigenvalue weighted by molar-refractivity contribution is 6.10. The molecule has 0 bridgehead atoms. The van der Waals surface area contributed by atoms with Crippen LogP contribution in [-0.2, 0) is 11.8 Å². The predicted molar refractivity (Wildman–Crippen MR) is 109 cm³/mol. The minimum atomic E-state index is -0.0820. The third kappa shape index (κ3) is 2.81. The standard InChI is InChI=1S/C22H21N3O2/c1-13-22-17(9-10-23-13)19-11-18(21(27-4)12-20(19)25(22)3)15-5-7-16(8-6-15)24-14(2)26/h5-12H,1-4H3,(H,24,26). The second-order valence-electron chi connectivity index (χ2n) is 6.68. The molecule has 0 saturated heterocycles. The van der Waals surface area contributed by atoms with Crippen LogP contribution in [0.2, 0.25) is 0 Å². The maximum absolute atomic E-state index is 11.2. The van der Waals surface area contributed by atoms with Gasteiger partial charge in [0.25, 0.3) is 0 Å². The fraction of sp³-hybridized carbons (Fsp3) is 0.182. The zero-order valence-corrected chi connectivity index (χ0v) is 15.8. The SMILES string of the molecule is COc1cc2c(cc1-c1ccc(NC(C)=O)cc1)c1ccnc(C)c1n2C. The highest BCUT2D eigenvalue weighted by atomic mass is 16.5. The Bertz CT molecular complexity index is 1170. The first kappa shape index (κ1) is 17.1. The molecular weight excluding hydrogens is 338 g/mol. The van der Waals surface area contributed by atoms with Crippen LogP contribution in [-0.4, -0.2) is 22.6 Å². The largest absolute Gasteiger partial charge is 0.496 e. The highest BCUT2D eigenvalue weighted by Crippen LogP contribution is 2.38. The third-order valence-electron chi connectivity index (χ3n) is 4.93. The van der Waals surface area contributed by atoms with Crippen LogP contribution in [0.25, 0.3) is 32.9 Å². The molecule has 0 atom stereocenters. The number of fused-ring (bicyclic) bond motifs is 3. The molecular formula is C22H21N3O2. The summed E-state index contributed by atoms with van der Waals surface area (Å²) in [5.41, 5.74) is 6.07. The monoisotopic (exact) mass is 359 g/mol. The Morgan fingerprint density at radius 3 is 2.52 bits per heavy atom. The number of hydrogen-bond acceptors (Lipinski definition) is 3. The van der Waals surface area contributed by atoms with Crippen LogP contribution in [0.3, 0.4) is 0 Å². The van der Waals surface area contributed by atoms with Crippen molar-refractivity contribution in [2.45, 2.75) is 13.8 Å². The molecule has 0 saturated carbocycles. The summed E-state index contributed by atoms with van der Waals surface area (Å²) in [5.74, 6) is 0.729. The van der Waals surface area contributed by atoms with Crippen molar-refractivity contribution >= 4 is 33.4 Å². The van der Waals surface area contributed by atoms with E-state index in [-0.39, 0.29) is 5.91 Å². The molecule has 27 heavy (non-hydrogen) atoms. The molecule has 2 aromatic heterocycles. The Morgan fingerprint density at radius 2 is 1.85 bits per heavy atom. The van der Waals surface area contributed by atoms with Crippen molar-refractivity contribution in [3.05, 3.63) is 54.4 Å². The van der Waals surface area contributed by atoms with E-state index in [1.54, 1.807) is 7.11 Å². The number of amides is 1. The van der Waals surface area contributed by atoms with Gasteiger partial charge in [0, 0.05) is 48.3 Å². The maximum Gasteiger partial charge on any atom is 0.221 e. The third-order valence-corrected chi connectivity index (χ3v) is 4.93. The Hall–Kier alpha value is -3.34. The first-order valence-corrected chi connectivity index (χ1v) is 8.79. The lowest BCUT2D eigenvalue weighted by atomic mass is 10.0. The number of aromatic nitrogens is 2. The molecule has 1 amide bonds. The number of hydrogen-bond donors (Lipinski definition) is 1. The van der Waals surface area contributed by atoms with Gasteiger partial charge in [0.05, 0.1) is 23.8 Å². The number of carbonyl (C=O) groups is 1. The predicted octanol–water partition coefficient (Wildman–Crippen LogP) is 4.67. The summed E-state index contributed by atoms with van der Waals surface area (Å²) >= 11 is 0. The number of carbonyl (C=O) groups excluding carboxylic acids is 1. The summed E-state index contributed by atoms with van der Waals surface area (Å²) in [7, 11) is 3.74. The average molecular weight is 359 g/mol. The number of nitrogens with zero attached hydrogens (tertiary/aromatic N) is 2.